The van der Waals surface area contributed by atoms with Gasteiger partial charge in [0.25, 0.3) is 0 Å². The van der Waals surface area contributed by atoms with Crippen molar-refractivity contribution in [1.29, 1.82) is 0 Å². The van der Waals surface area contributed by atoms with Crippen LogP contribution in [0.5, 0.6) is 11.5 Å². The van der Waals surface area contributed by atoms with Crippen LogP contribution in [0, 0.1) is 29.1 Å². The van der Waals surface area contributed by atoms with E-state index in [0.717, 1.165) is 31.4 Å². The third kappa shape index (κ3) is 6.26. The molecule has 0 heterocycles. The number of hydrogen-bond acceptors (Lipinski definition) is 2. The van der Waals surface area contributed by atoms with Crippen molar-refractivity contribution in [2.45, 2.75) is 52.1 Å². The van der Waals surface area contributed by atoms with Crippen molar-refractivity contribution in [2.75, 3.05) is 0 Å². The van der Waals surface area contributed by atoms with E-state index < -0.39 is 64.7 Å². The Morgan fingerprint density at radius 3 is 2.03 bits per heavy atom. The Hall–Kier alpha value is -3.23. The predicted molar refractivity (Wildman–Crippen MR) is 117 cm³/mol. The maximum atomic E-state index is 15.3. The van der Waals surface area contributed by atoms with Crippen molar-refractivity contribution in [3.63, 3.8) is 0 Å². The number of aromatic hydroxyl groups is 1. The highest BCUT2D eigenvalue weighted by atomic mass is 19.3. The minimum atomic E-state index is -3.44. The van der Waals surface area contributed by atoms with Gasteiger partial charge in [-0.15, -0.1) is 0 Å². The van der Waals surface area contributed by atoms with Gasteiger partial charge in [0, 0.05) is 17.2 Å². The topological polar surface area (TPSA) is 29.5 Å². The fourth-order valence-corrected chi connectivity index (χ4v) is 3.86. The van der Waals surface area contributed by atoms with E-state index in [4.69, 9.17) is 0 Å². The SMILES string of the molecule is CCCCCc1ccc(-c2c(O)cc(F)c(CCc3cc(F)c(OC(F)F)c(F)c3)c2F)c(F)c1. The van der Waals surface area contributed by atoms with Crippen molar-refractivity contribution in [3.05, 3.63) is 82.2 Å². The summed E-state index contributed by atoms with van der Waals surface area (Å²) in [5.41, 5.74) is -0.691. The van der Waals surface area contributed by atoms with Crippen LogP contribution in [-0.2, 0) is 19.3 Å². The Balaban J connectivity index is 1.88. The zero-order valence-electron chi connectivity index (χ0n) is 18.8. The van der Waals surface area contributed by atoms with Crippen LogP contribution >= 0.6 is 0 Å². The van der Waals surface area contributed by atoms with Crippen molar-refractivity contribution >= 4 is 0 Å². The van der Waals surface area contributed by atoms with Crippen LogP contribution in [0.2, 0.25) is 0 Å². The molecule has 2 nitrogen and oxygen atoms in total. The fourth-order valence-electron chi connectivity index (χ4n) is 3.86. The fraction of sp³-hybridized carbons (Fsp3) is 0.308. The Bertz CT molecular complexity index is 1170. The first kappa shape index (κ1) is 26.4. The second kappa shape index (κ2) is 11.5. The van der Waals surface area contributed by atoms with Gasteiger partial charge in [0.05, 0.1) is 5.56 Å². The monoisotopic (exact) mass is 500 g/mol. The Morgan fingerprint density at radius 1 is 0.771 bits per heavy atom. The van der Waals surface area contributed by atoms with Gasteiger partial charge >= 0.3 is 6.61 Å². The summed E-state index contributed by atoms with van der Waals surface area (Å²) in [6.07, 6.45) is 2.75. The Morgan fingerprint density at radius 2 is 1.43 bits per heavy atom. The van der Waals surface area contributed by atoms with Crippen molar-refractivity contribution < 1.29 is 40.6 Å². The molecule has 3 aromatic rings. The van der Waals surface area contributed by atoms with Crippen LogP contribution < -0.4 is 4.74 Å². The lowest BCUT2D eigenvalue weighted by molar-refractivity contribution is -0.0546. The van der Waals surface area contributed by atoms with Crippen molar-refractivity contribution in [1.82, 2.24) is 0 Å². The summed E-state index contributed by atoms with van der Waals surface area (Å²) >= 11 is 0. The van der Waals surface area contributed by atoms with Gasteiger partial charge < -0.3 is 9.84 Å². The standard InChI is InChI=1S/C26H23F7O2/c1-2-3-4-5-14-6-8-16(18(27)10-14)23-22(34)13-19(28)17(24(23)31)9-7-15-11-20(29)25(21(30)12-15)35-26(32)33/h6,8,10-13,26,34H,2-5,7,9H2,1H3. The molecular weight excluding hydrogens is 477 g/mol. The van der Waals surface area contributed by atoms with Gasteiger partial charge in [0.15, 0.2) is 17.4 Å². The molecule has 0 aliphatic carbocycles. The third-order valence-corrected chi connectivity index (χ3v) is 5.59. The van der Waals surface area contributed by atoms with Gasteiger partial charge in [-0.2, -0.15) is 8.78 Å². The maximum absolute atomic E-state index is 15.3. The van der Waals surface area contributed by atoms with Crippen LogP contribution in [0.4, 0.5) is 30.7 Å². The lowest BCUT2D eigenvalue weighted by Gasteiger charge is -2.14. The molecular formula is C26H23F7O2. The molecule has 0 amide bonds. The number of phenolic OH excluding ortho intramolecular Hbond substituents is 1. The van der Waals surface area contributed by atoms with Crippen LogP contribution in [-0.4, -0.2) is 11.7 Å². The second-order valence-electron chi connectivity index (χ2n) is 8.08. The molecule has 188 valence electrons. The minimum absolute atomic E-state index is 0.0716. The highest BCUT2D eigenvalue weighted by molar-refractivity contribution is 5.72. The summed E-state index contributed by atoms with van der Waals surface area (Å²) in [5.74, 6) is -7.97. The molecule has 0 aliphatic rings. The summed E-state index contributed by atoms with van der Waals surface area (Å²) in [5, 5.41) is 10.2. The van der Waals surface area contributed by atoms with Crippen LogP contribution in [0.1, 0.15) is 42.9 Å². The summed E-state index contributed by atoms with van der Waals surface area (Å²) in [6, 6.07) is 6.22. The highest BCUT2D eigenvalue weighted by Crippen LogP contribution is 2.37. The predicted octanol–water partition coefficient (Wildman–Crippen LogP) is 7.87. The quantitative estimate of drug-likeness (QED) is 0.227. The van der Waals surface area contributed by atoms with E-state index in [1.54, 1.807) is 6.07 Å². The van der Waals surface area contributed by atoms with Gasteiger partial charge in [-0.1, -0.05) is 31.9 Å². The number of rotatable bonds is 10. The van der Waals surface area contributed by atoms with E-state index in [1.165, 1.54) is 12.1 Å². The minimum Gasteiger partial charge on any atom is -0.507 e. The molecule has 0 bridgehead atoms. The zero-order valence-corrected chi connectivity index (χ0v) is 18.8. The molecule has 0 aromatic heterocycles. The first-order valence-electron chi connectivity index (χ1n) is 11.0. The molecule has 3 aromatic carbocycles. The van der Waals surface area contributed by atoms with E-state index in [9.17, 15) is 31.4 Å². The first-order chi connectivity index (χ1) is 16.6. The smallest absolute Gasteiger partial charge is 0.387 e. The van der Waals surface area contributed by atoms with Crippen LogP contribution in [0.25, 0.3) is 11.1 Å². The van der Waals surface area contributed by atoms with Gasteiger partial charge in [-0.3, -0.25) is 0 Å². The molecule has 0 atom stereocenters. The van der Waals surface area contributed by atoms with E-state index >= 15 is 4.39 Å². The molecule has 0 radical (unpaired) electrons. The summed E-state index contributed by atoms with van der Waals surface area (Å²) in [6.45, 7) is -1.40. The van der Waals surface area contributed by atoms with Crippen LogP contribution in [0.15, 0.2) is 36.4 Å². The van der Waals surface area contributed by atoms with Crippen molar-refractivity contribution in [3.8, 4) is 22.6 Å². The molecule has 0 saturated carbocycles. The molecule has 0 unspecified atom stereocenters. The molecule has 3 rings (SSSR count). The molecule has 0 spiro atoms. The lowest BCUT2D eigenvalue weighted by Crippen LogP contribution is -2.07. The molecule has 9 heteroatoms. The number of benzene rings is 3. The largest absolute Gasteiger partial charge is 0.507 e. The van der Waals surface area contributed by atoms with Gasteiger partial charge in [-0.25, -0.2) is 22.0 Å². The average Bonchev–Trinajstić information content (AvgIpc) is 2.77. The van der Waals surface area contributed by atoms with Gasteiger partial charge in [0.1, 0.15) is 23.2 Å². The molecule has 1 N–H and O–H groups in total. The number of ether oxygens (including phenoxy) is 1. The normalized spacial score (nSPS) is 11.3. The first-order valence-corrected chi connectivity index (χ1v) is 11.0. The number of aryl methyl sites for hydroxylation is 2. The molecule has 0 fully saturated rings. The van der Waals surface area contributed by atoms with Crippen LogP contribution in [0.3, 0.4) is 0 Å². The third-order valence-electron chi connectivity index (χ3n) is 5.59. The lowest BCUT2D eigenvalue weighted by atomic mass is 9.95. The second-order valence-corrected chi connectivity index (χ2v) is 8.08. The van der Waals surface area contributed by atoms with Crippen molar-refractivity contribution in [2.24, 2.45) is 0 Å². The van der Waals surface area contributed by atoms with E-state index in [-0.39, 0.29) is 17.5 Å². The Kier molecular flexibility index (Phi) is 8.64. The summed E-state index contributed by atoms with van der Waals surface area (Å²) < 4.78 is 101. The van der Waals surface area contributed by atoms with Gasteiger partial charge in [-0.05, 0) is 55.0 Å². The molecule has 0 aliphatic heterocycles. The number of phenols is 1. The van der Waals surface area contributed by atoms with E-state index in [1.807, 2.05) is 6.92 Å². The molecule has 35 heavy (non-hydrogen) atoms. The van der Waals surface area contributed by atoms with E-state index in [0.29, 0.717) is 18.1 Å². The van der Waals surface area contributed by atoms with Gasteiger partial charge in [0.2, 0.25) is 0 Å². The zero-order chi connectivity index (χ0) is 25.7. The highest BCUT2D eigenvalue weighted by Gasteiger charge is 2.23. The number of hydrogen-bond donors (Lipinski definition) is 1. The average molecular weight is 500 g/mol. The maximum Gasteiger partial charge on any atom is 0.387 e. The summed E-state index contributed by atoms with van der Waals surface area (Å²) in [7, 11) is 0. The number of halogens is 7. The molecule has 0 saturated heterocycles. The number of alkyl halides is 2. The number of unbranched alkanes of at least 4 members (excludes halogenated alkanes) is 2. The Labute approximate surface area is 198 Å². The van der Waals surface area contributed by atoms with E-state index in [2.05, 4.69) is 4.74 Å². The summed E-state index contributed by atoms with van der Waals surface area (Å²) in [4.78, 5) is 0.